The summed E-state index contributed by atoms with van der Waals surface area (Å²) in [5, 5.41) is 2.63. The maximum atomic E-state index is 13.8. The second-order valence-corrected chi connectivity index (χ2v) is 15.4. The zero-order valence-electron chi connectivity index (χ0n) is 36.6. The molecule has 336 valence electrons. The van der Waals surface area contributed by atoms with Gasteiger partial charge in [-0.25, -0.2) is 14.8 Å². The van der Waals surface area contributed by atoms with Gasteiger partial charge < -0.3 is 64.0 Å². The predicted molar refractivity (Wildman–Crippen MR) is 229 cm³/mol. The van der Waals surface area contributed by atoms with Crippen molar-refractivity contribution in [1.29, 1.82) is 0 Å². The third-order valence-electron chi connectivity index (χ3n) is 11.6. The van der Waals surface area contributed by atoms with E-state index in [2.05, 4.69) is 15.3 Å². The number of likely N-dealkylation sites (tertiary alicyclic amines) is 2. The summed E-state index contributed by atoms with van der Waals surface area (Å²) in [7, 11) is 7.53. The second-order valence-electron chi connectivity index (χ2n) is 15.4. The van der Waals surface area contributed by atoms with Crippen molar-refractivity contribution in [1.82, 2.24) is 35.1 Å². The number of nitrogens with zero attached hydrogens (tertiary/aromatic N) is 4. The van der Waals surface area contributed by atoms with Crippen LogP contribution in [-0.2, 0) is 33.3 Å². The SMILES string of the molecule is COCCOc1cc(-c2cnc([C@@H]3CCCN3C(=O)[C@@H](N)[C@@H](C)OC)[nH]2)ccc1-c1ccc(-c2cnc([C@@H]3CCCN3C(=O)[C@@H](NC(=O)OC)[C@@H](C)OC)[nH]2)cc1OCCOC. The van der Waals surface area contributed by atoms with Crippen molar-refractivity contribution in [2.45, 2.75) is 75.9 Å². The number of nitrogens with one attached hydrogen (secondary N) is 3. The van der Waals surface area contributed by atoms with Crippen LogP contribution >= 0.6 is 0 Å². The van der Waals surface area contributed by atoms with Crippen LogP contribution in [0.1, 0.15) is 63.3 Å². The molecule has 2 fully saturated rings. The highest BCUT2D eigenvalue weighted by Gasteiger charge is 2.39. The lowest BCUT2D eigenvalue weighted by atomic mass is 9.98. The number of carbonyl (C=O) groups excluding carboxylic acids is 3. The van der Waals surface area contributed by atoms with Crippen molar-refractivity contribution >= 4 is 17.9 Å². The molecular formula is C44H60N8O10. The Bertz CT molecular complexity index is 2130. The van der Waals surface area contributed by atoms with Crippen LogP contribution in [0.2, 0.25) is 0 Å². The molecule has 62 heavy (non-hydrogen) atoms. The molecule has 2 aliphatic heterocycles. The van der Waals surface area contributed by atoms with Gasteiger partial charge in [0.15, 0.2) is 0 Å². The Morgan fingerprint density at radius 2 is 1.21 bits per heavy atom. The van der Waals surface area contributed by atoms with Gasteiger partial charge in [-0.2, -0.15) is 0 Å². The highest BCUT2D eigenvalue weighted by Crippen LogP contribution is 2.42. The van der Waals surface area contributed by atoms with E-state index < -0.39 is 30.4 Å². The molecule has 18 nitrogen and oxygen atoms in total. The Kier molecular flexibility index (Phi) is 16.0. The van der Waals surface area contributed by atoms with Gasteiger partial charge in [0, 0.05) is 63.8 Å². The number of carbonyl (C=O) groups is 3. The van der Waals surface area contributed by atoms with E-state index in [0.29, 0.717) is 69.1 Å². The molecule has 0 bridgehead atoms. The highest BCUT2D eigenvalue weighted by atomic mass is 16.5. The smallest absolute Gasteiger partial charge is 0.407 e. The number of ether oxygens (including phenoxy) is 7. The first-order valence-corrected chi connectivity index (χ1v) is 20.9. The molecule has 4 aromatic rings. The topological polar surface area (TPSA) is 218 Å². The first kappa shape index (κ1) is 46.0. The molecule has 0 aliphatic carbocycles. The maximum Gasteiger partial charge on any atom is 0.407 e. The van der Waals surface area contributed by atoms with Crippen LogP contribution < -0.4 is 20.5 Å². The average molecular weight is 861 g/mol. The molecule has 2 saturated heterocycles. The van der Waals surface area contributed by atoms with Crippen LogP contribution in [-0.4, -0.2) is 147 Å². The van der Waals surface area contributed by atoms with Gasteiger partial charge in [-0.05, 0) is 63.8 Å². The summed E-state index contributed by atoms with van der Waals surface area (Å²) in [5.74, 6) is 2.07. The molecule has 6 rings (SSSR count). The van der Waals surface area contributed by atoms with Crippen molar-refractivity contribution in [2.75, 3.05) is 75.1 Å². The third kappa shape index (κ3) is 10.4. The van der Waals surface area contributed by atoms with Gasteiger partial charge in [0.1, 0.15) is 48.4 Å². The monoisotopic (exact) mass is 860 g/mol. The van der Waals surface area contributed by atoms with Gasteiger partial charge in [-0.15, -0.1) is 0 Å². The van der Waals surface area contributed by atoms with Gasteiger partial charge in [-0.3, -0.25) is 9.59 Å². The highest BCUT2D eigenvalue weighted by molar-refractivity contribution is 5.87. The van der Waals surface area contributed by atoms with Crippen LogP contribution in [0.5, 0.6) is 11.5 Å². The van der Waals surface area contributed by atoms with Crippen molar-refractivity contribution in [2.24, 2.45) is 5.73 Å². The summed E-state index contributed by atoms with van der Waals surface area (Å²) >= 11 is 0. The largest absolute Gasteiger partial charge is 0.491 e. The van der Waals surface area contributed by atoms with Gasteiger partial charge in [0.2, 0.25) is 11.8 Å². The molecule has 2 aromatic carbocycles. The number of alkyl carbamates (subject to hydrolysis) is 1. The van der Waals surface area contributed by atoms with Gasteiger partial charge in [0.25, 0.3) is 0 Å². The fraction of sp³-hybridized carbons (Fsp3) is 0.523. The lowest BCUT2D eigenvalue weighted by molar-refractivity contribution is -0.138. The summed E-state index contributed by atoms with van der Waals surface area (Å²) in [4.78, 5) is 59.1. The summed E-state index contributed by atoms with van der Waals surface area (Å²) in [6.45, 7) is 5.96. The van der Waals surface area contributed by atoms with E-state index in [1.807, 2.05) is 36.4 Å². The van der Waals surface area contributed by atoms with Crippen molar-refractivity contribution in [3.05, 3.63) is 60.4 Å². The molecule has 0 spiro atoms. The van der Waals surface area contributed by atoms with Crippen molar-refractivity contribution in [3.8, 4) is 45.1 Å². The Labute approximate surface area is 362 Å². The summed E-state index contributed by atoms with van der Waals surface area (Å²) < 4.78 is 38.9. The number of methoxy groups -OCH3 is 5. The molecule has 2 aromatic heterocycles. The number of rotatable bonds is 20. The minimum absolute atomic E-state index is 0.162. The Hall–Kier alpha value is -5.53. The zero-order valence-corrected chi connectivity index (χ0v) is 36.6. The van der Waals surface area contributed by atoms with Crippen LogP contribution in [0, 0.1) is 0 Å². The van der Waals surface area contributed by atoms with Gasteiger partial charge in [-0.1, -0.05) is 12.1 Å². The number of hydrogen-bond donors (Lipinski definition) is 4. The summed E-state index contributed by atoms with van der Waals surface area (Å²) in [6, 6.07) is 9.56. The molecule has 18 heteroatoms. The molecule has 0 radical (unpaired) electrons. The fourth-order valence-electron chi connectivity index (χ4n) is 7.89. The minimum atomic E-state index is -0.938. The third-order valence-corrected chi connectivity index (χ3v) is 11.6. The summed E-state index contributed by atoms with van der Waals surface area (Å²) in [5.41, 5.74) is 11.0. The first-order valence-electron chi connectivity index (χ1n) is 20.9. The van der Waals surface area contributed by atoms with E-state index in [4.69, 9.17) is 48.9 Å². The molecule has 2 aliphatic rings. The lowest BCUT2D eigenvalue weighted by Gasteiger charge is -2.30. The molecule has 6 atom stereocenters. The van der Waals surface area contributed by atoms with Gasteiger partial charge in [0.05, 0.1) is 68.4 Å². The van der Waals surface area contributed by atoms with Crippen LogP contribution in [0.25, 0.3) is 33.6 Å². The van der Waals surface area contributed by atoms with E-state index in [1.54, 1.807) is 57.4 Å². The second kappa shape index (κ2) is 21.5. The van der Waals surface area contributed by atoms with E-state index >= 15 is 0 Å². The minimum Gasteiger partial charge on any atom is -0.491 e. The number of amides is 3. The molecule has 0 saturated carbocycles. The number of aromatic nitrogens is 4. The number of nitrogens with two attached hydrogens (primary N) is 1. The summed E-state index contributed by atoms with van der Waals surface area (Å²) in [6.07, 6.45) is 4.86. The molecule has 5 N–H and O–H groups in total. The maximum absolute atomic E-state index is 13.8. The van der Waals surface area contributed by atoms with Crippen molar-refractivity contribution in [3.63, 3.8) is 0 Å². The van der Waals surface area contributed by atoms with Crippen molar-refractivity contribution < 1.29 is 47.5 Å². The number of H-pyrrole nitrogens is 2. The molecule has 0 unspecified atom stereocenters. The average Bonchev–Trinajstić information content (AvgIpc) is 4.14. The molecule has 4 heterocycles. The normalized spacial score (nSPS) is 18.3. The predicted octanol–water partition coefficient (Wildman–Crippen LogP) is 4.63. The number of imidazole rings is 2. The Morgan fingerprint density at radius 3 is 1.66 bits per heavy atom. The molecular weight excluding hydrogens is 801 g/mol. The van der Waals surface area contributed by atoms with E-state index in [-0.39, 0.29) is 23.9 Å². The van der Waals surface area contributed by atoms with E-state index in [1.165, 1.54) is 14.2 Å². The Balaban J connectivity index is 1.28. The van der Waals surface area contributed by atoms with E-state index in [9.17, 15) is 14.4 Å². The van der Waals surface area contributed by atoms with Gasteiger partial charge >= 0.3 is 6.09 Å². The number of benzene rings is 2. The first-order chi connectivity index (χ1) is 30.0. The molecule has 3 amide bonds. The quantitative estimate of drug-likeness (QED) is 0.0893. The standard InChI is InChI=1S/C44H60N8O10/c1-26(58-5)38(45)42(53)51-16-8-10-34(51)40-46-24-32(48-40)28-12-14-30(36(22-28)61-20-18-56-3)31-15-13-29(23-37(31)62-21-19-57-4)33-25-47-41(49-33)35-11-9-17-52(35)43(54)39(27(2)59-6)50-44(55)60-7/h12-15,22-27,34-35,38-39H,8-11,16-21,45H2,1-7H3,(H,46,48)(H,47,49)(H,50,55)/t26-,27-,34+,35+,38+,39+/m1/s1. The number of aromatic amines is 2. The van der Waals surface area contributed by atoms with E-state index in [0.717, 1.165) is 52.9 Å². The van der Waals surface area contributed by atoms with Crippen LogP contribution in [0.15, 0.2) is 48.8 Å². The van der Waals surface area contributed by atoms with Crippen LogP contribution in [0.3, 0.4) is 0 Å². The fourth-order valence-corrected chi connectivity index (χ4v) is 7.89. The number of hydrogen-bond acceptors (Lipinski definition) is 13. The Morgan fingerprint density at radius 1 is 0.726 bits per heavy atom. The zero-order chi connectivity index (χ0) is 44.3. The lowest BCUT2D eigenvalue weighted by Crippen LogP contribution is -2.54. The van der Waals surface area contributed by atoms with Crippen LogP contribution in [0.4, 0.5) is 4.79 Å².